The molecule has 0 atom stereocenters. The summed E-state index contributed by atoms with van der Waals surface area (Å²) in [6.07, 6.45) is 0. The minimum Gasteiger partial charge on any atom is -0.506 e. The Morgan fingerprint density at radius 3 is 2.92 bits per heavy atom. The first-order valence-corrected chi connectivity index (χ1v) is 4.37. The molecule has 3 nitrogen and oxygen atoms in total. The van der Waals surface area contributed by atoms with Gasteiger partial charge in [-0.3, -0.25) is 0 Å². The fourth-order valence-electron chi connectivity index (χ4n) is 0.896. The molecule has 5 heteroatoms. The third-order valence-corrected chi connectivity index (χ3v) is 2.21. The number of hydrogen-bond donors (Lipinski definition) is 2. The van der Waals surface area contributed by atoms with Gasteiger partial charge in [-0.2, -0.15) is 5.48 Å². The van der Waals surface area contributed by atoms with Crippen LogP contribution in [0.15, 0.2) is 16.6 Å². The van der Waals surface area contributed by atoms with Crippen molar-refractivity contribution in [1.29, 1.82) is 0 Å². The van der Waals surface area contributed by atoms with Gasteiger partial charge in [-0.1, -0.05) is 0 Å². The number of halogens is 2. The summed E-state index contributed by atoms with van der Waals surface area (Å²) in [7, 11) is 1.42. The fourth-order valence-corrected chi connectivity index (χ4v) is 1.27. The lowest BCUT2D eigenvalue weighted by Crippen LogP contribution is -2.12. The maximum absolute atomic E-state index is 13.1. The van der Waals surface area contributed by atoms with Crippen LogP contribution in [0, 0.1) is 5.82 Å². The van der Waals surface area contributed by atoms with Gasteiger partial charge in [0.15, 0.2) is 0 Å². The van der Waals surface area contributed by atoms with Crippen molar-refractivity contribution in [2.24, 2.45) is 0 Å². The minimum absolute atomic E-state index is 0.107. The van der Waals surface area contributed by atoms with Crippen LogP contribution < -0.4 is 5.48 Å². The number of benzene rings is 1. The Morgan fingerprint density at radius 2 is 2.31 bits per heavy atom. The molecular formula is C8H9BrFNO2. The molecule has 0 fully saturated rings. The third-order valence-electron chi connectivity index (χ3n) is 1.57. The molecule has 0 heterocycles. The molecule has 0 aliphatic carbocycles. The molecule has 0 aliphatic rings. The van der Waals surface area contributed by atoms with Crippen molar-refractivity contribution in [2.45, 2.75) is 6.54 Å². The lowest BCUT2D eigenvalue weighted by Gasteiger charge is -2.07. The summed E-state index contributed by atoms with van der Waals surface area (Å²) < 4.78 is 13.5. The molecule has 72 valence electrons. The average Bonchev–Trinajstić information content (AvgIpc) is 2.12. The van der Waals surface area contributed by atoms with Gasteiger partial charge in [0.2, 0.25) is 0 Å². The van der Waals surface area contributed by atoms with Gasteiger partial charge in [-0.05, 0) is 28.1 Å². The van der Waals surface area contributed by atoms with Crippen molar-refractivity contribution < 1.29 is 14.3 Å². The third kappa shape index (κ3) is 2.40. The normalized spacial score (nSPS) is 10.4. The highest BCUT2D eigenvalue weighted by atomic mass is 79.9. The molecule has 0 saturated heterocycles. The van der Waals surface area contributed by atoms with Crippen LogP contribution >= 0.6 is 15.9 Å². The van der Waals surface area contributed by atoms with Gasteiger partial charge in [0.1, 0.15) is 11.6 Å². The summed E-state index contributed by atoms with van der Waals surface area (Å²) in [5.74, 6) is -0.574. The van der Waals surface area contributed by atoms with Crippen LogP contribution in [0.25, 0.3) is 0 Å². The number of nitrogens with one attached hydrogen (secondary N) is 1. The Hall–Kier alpha value is -0.650. The van der Waals surface area contributed by atoms with Crippen LogP contribution in [-0.4, -0.2) is 12.2 Å². The Bertz CT molecular complexity index is 306. The highest BCUT2D eigenvalue weighted by Crippen LogP contribution is 2.29. The average molecular weight is 250 g/mol. The smallest absolute Gasteiger partial charge is 0.137 e. The van der Waals surface area contributed by atoms with Crippen molar-refractivity contribution >= 4 is 15.9 Å². The molecular weight excluding hydrogens is 241 g/mol. The zero-order valence-electron chi connectivity index (χ0n) is 6.97. The number of hydroxylamine groups is 1. The first-order chi connectivity index (χ1) is 6.16. The van der Waals surface area contributed by atoms with Crippen LogP contribution in [0.5, 0.6) is 5.75 Å². The van der Waals surface area contributed by atoms with E-state index in [-0.39, 0.29) is 17.9 Å². The second-order valence-corrected chi connectivity index (χ2v) is 3.24. The van der Waals surface area contributed by atoms with Crippen molar-refractivity contribution in [3.05, 3.63) is 28.0 Å². The molecule has 0 amide bonds. The monoisotopic (exact) mass is 249 g/mol. The van der Waals surface area contributed by atoms with E-state index in [1.165, 1.54) is 19.2 Å². The lowest BCUT2D eigenvalue weighted by molar-refractivity contribution is 0.0853. The second kappa shape index (κ2) is 4.55. The van der Waals surface area contributed by atoms with Crippen molar-refractivity contribution in [3.8, 4) is 5.75 Å². The first kappa shape index (κ1) is 10.4. The molecule has 2 N–H and O–H groups in total. The van der Waals surface area contributed by atoms with E-state index >= 15 is 0 Å². The van der Waals surface area contributed by atoms with Crippen LogP contribution in [0.3, 0.4) is 0 Å². The summed E-state index contributed by atoms with van der Waals surface area (Å²) in [4.78, 5) is 4.55. The summed E-state index contributed by atoms with van der Waals surface area (Å²) in [6.45, 7) is 0.119. The minimum atomic E-state index is -0.467. The molecule has 0 saturated carbocycles. The second-order valence-electron chi connectivity index (χ2n) is 2.38. The van der Waals surface area contributed by atoms with E-state index in [9.17, 15) is 9.50 Å². The lowest BCUT2D eigenvalue weighted by atomic mass is 10.2. The largest absolute Gasteiger partial charge is 0.506 e. The highest BCUT2D eigenvalue weighted by Gasteiger charge is 2.10. The summed E-state index contributed by atoms with van der Waals surface area (Å²) in [5, 5.41) is 9.42. The van der Waals surface area contributed by atoms with Crippen molar-refractivity contribution in [2.75, 3.05) is 7.11 Å². The van der Waals surface area contributed by atoms with E-state index in [4.69, 9.17) is 0 Å². The summed E-state index contributed by atoms with van der Waals surface area (Å²) >= 11 is 3.09. The molecule has 0 aliphatic heterocycles. The van der Waals surface area contributed by atoms with Gasteiger partial charge >= 0.3 is 0 Å². The van der Waals surface area contributed by atoms with E-state index < -0.39 is 5.82 Å². The predicted molar refractivity (Wildman–Crippen MR) is 49.6 cm³/mol. The molecule has 1 aromatic carbocycles. The van der Waals surface area contributed by atoms with Crippen LogP contribution in [0.1, 0.15) is 5.56 Å². The predicted octanol–water partition coefficient (Wildman–Crippen LogP) is 1.94. The molecule has 1 aromatic rings. The molecule has 13 heavy (non-hydrogen) atoms. The number of aromatic hydroxyl groups is 1. The van der Waals surface area contributed by atoms with Crippen molar-refractivity contribution in [3.63, 3.8) is 0 Å². The SMILES string of the molecule is CONCc1c(F)ccc(Br)c1O. The first-order valence-electron chi connectivity index (χ1n) is 3.58. The number of phenols is 1. The van der Waals surface area contributed by atoms with Crippen LogP contribution in [0.4, 0.5) is 4.39 Å². The number of rotatable bonds is 3. The number of phenolic OH excluding ortho intramolecular Hbond substituents is 1. The van der Waals surface area contributed by atoms with Gasteiger partial charge in [0, 0.05) is 5.56 Å². The van der Waals surface area contributed by atoms with Crippen LogP contribution in [-0.2, 0) is 11.4 Å². The zero-order valence-corrected chi connectivity index (χ0v) is 8.56. The molecule has 0 unspecified atom stereocenters. The molecule has 0 aromatic heterocycles. The van der Waals surface area contributed by atoms with E-state index in [2.05, 4.69) is 26.2 Å². The van der Waals surface area contributed by atoms with Gasteiger partial charge in [-0.25, -0.2) is 4.39 Å². The highest BCUT2D eigenvalue weighted by molar-refractivity contribution is 9.10. The van der Waals surface area contributed by atoms with Gasteiger partial charge in [0.25, 0.3) is 0 Å². The summed E-state index contributed by atoms with van der Waals surface area (Å²) in [5.41, 5.74) is 2.63. The Morgan fingerprint density at radius 1 is 1.62 bits per heavy atom. The summed E-state index contributed by atoms with van der Waals surface area (Å²) in [6, 6.07) is 2.72. The topological polar surface area (TPSA) is 41.5 Å². The molecule has 0 spiro atoms. The standard InChI is InChI=1S/C8H9BrFNO2/c1-13-11-4-5-7(10)3-2-6(9)8(5)12/h2-3,11-12H,4H2,1H3. The van der Waals surface area contributed by atoms with Crippen molar-refractivity contribution in [1.82, 2.24) is 5.48 Å². The number of hydrogen-bond acceptors (Lipinski definition) is 3. The van der Waals surface area contributed by atoms with E-state index in [1.807, 2.05) is 0 Å². The molecule has 0 bridgehead atoms. The van der Waals surface area contributed by atoms with E-state index in [0.717, 1.165) is 0 Å². The molecule has 0 radical (unpaired) electrons. The maximum atomic E-state index is 13.1. The van der Waals surface area contributed by atoms with Gasteiger partial charge in [0.05, 0.1) is 18.1 Å². The van der Waals surface area contributed by atoms with E-state index in [0.29, 0.717) is 4.47 Å². The molecule has 1 rings (SSSR count). The van der Waals surface area contributed by atoms with Gasteiger partial charge < -0.3 is 9.94 Å². The fraction of sp³-hybridized carbons (Fsp3) is 0.250. The Balaban J connectivity index is 2.96. The van der Waals surface area contributed by atoms with E-state index in [1.54, 1.807) is 0 Å². The maximum Gasteiger partial charge on any atom is 0.137 e. The van der Waals surface area contributed by atoms with Gasteiger partial charge in [-0.15, -0.1) is 0 Å². The Labute approximate surface area is 83.6 Å². The van der Waals surface area contributed by atoms with Crippen LogP contribution in [0.2, 0.25) is 0 Å². The Kier molecular flexibility index (Phi) is 3.65. The quantitative estimate of drug-likeness (QED) is 0.805. The zero-order chi connectivity index (χ0) is 9.84.